The van der Waals surface area contributed by atoms with E-state index in [1.54, 1.807) is 12.3 Å². The van der Waals surface area contributed by atoms with Crippen molar-refractivity contribution in [2.45, 2.75) is 51.7 Å². The summed E-state index contributed by atoms with van der Waals surface area (Å²) in [7, 11) is -0.437. The average molecular weight is 302 g/mol. The molecule has 2 aliphatic rings. The van der Waals surface area contributed by atoms with Crippen LogP contribution in [0, 0.1) is 0 Å². The van der Waals surface area contributed by atoms with Crippen LogP contribution in [0.25, 0.3) is 0 Å². The van der Waals surface area contributed by atoms with Crippen LogP contribution in [-0.4, -0.2) is 47.2 Å². The highest BCUT2D eigenvalue weighted by Gasteiger charge is 2.51. The molecule has 22 heavy (non-hydrogen) atoms. The fraction of sp³-hybridized carbons (Fsp3) is 0.625. The van der Waals surface area contributed by atoms with Gasteiger partial charge in [0, 0.05) is 24.7 Å². The molecule has 1 aromatic heterocycles. The number of nitrogens with zero attached hydrogens (tertiary/aromatic N) is 2. The van der Waals surface area contributed by atoms with Crippen LogP contribution in [-0.2, 0) is 9.31 Å². The molecule has 0 aliphatic carbocycles. The van der Waals surface area contributed by atoms with E-state index < -0.39 is 7.12 Å². The number of carbonyl (C=O) groups is 1. The summed E-state index contributed by atoms with van der Waals surface area (Å²) >= 11 is 0. The minimum absolute atomic E-state index is 0.0120. The Bertz CT molecular complexity index is 549. The fourth-order valence-electron chi connectivity index (χ4n) is 2.73. The summed E-state index contributed by atoms with van der Waals surface area (Å²) in [6.07, 6.45) is 3.85. The molecule has 2 saturated heterocycles. The van der Waals surface area contributed by atoms with Crippen LogP contribution in [0.15, 0.2) is 18.3 Å². The highest BCUT2D eigenvalue weighted by molar-refractivity contribution is 6.62. The Kier molecular flexibility index (Phi) is 3.77. The second-order valence-electron chi connectivity index (χ2n) is 7.06. The number of carbonyl (C=O) groups excluding carboxylic acids is 1. The fourth-order valence-corrected chi connectivity index (χ4v) is 2.73. The molecule has 1 amide bonds. The van der Waals surface area contributed by atoms with E-state index in [1.165, 1.54) is 0 Å². The zero-order valence-electron chi connectivity index (χ0n) is 13.8. The first-order valence-corrected chi connectivity index (χ1v) is 7.91. The minimum atomic E-state index is -0.437. The molecule has 0 saturated carbocycles. The predicted molar refractivity (Wildman–Crippen MR) is 85.1 cm³/mol. The first-order chi connectivity index (χ1) is 10.3. The summed E-state index contributed by atoms with van der Waals surface area (Å²) < 4.78 is 12.0. The second kappa shape index (κ2) is 5.35. The van der Waals surface area contributed by atoms with Crippen molar-refractivity contribution in [2.75, 3.05) is 13.1 Å². The molecule has 2 aliphatic heterocycles. The summed E-state index contributed by atoms with van der Waals surface area (Å²) in [5.41, 5.74) is 0.586. The van der Waals surface area contributed by atoms with Crippen LogP contribution in [0.4, 0.5) is 0 Å². The minimum Gasteiger partial charge on any atom is -0.399 e. The maximum absolute atomic E-state index is 12.3. The van der Waals surface area contributed by atoms with E-state index in [-0.39, 0.29) is 17.1 Å². The van der Waals surface area contributed by atoms with Gasteiger partial charge >= 0.3 is 7.12 Å². The van der Waals surface area contributed by atoms with E-state index in [9.17, 15) is 4.79 Å². The van der Waals surface area contributed by atoms with Gasteiger partial charge in [-0.25, -0.2) is 0 Å². The Hall–Kier alpha value is -1.40. The van der Waals surface area contributed by atoms with Gasteiger partial charge in [-0.3, -0.25) is 9.78 Å². The van der Waals surface area contributed by atoms with Crippen LogP contribution in [0.5, 0.6) is 0 Å². The van der Waals surface area contributed by atoms with Gasteiger partial charge in [-0.05, 0) is 46.6 Å². The summed E-state index contributed by atoms with van der Waals surface area (Å²) in [6.45, 7) is 9.74. The third-order valence-corrected chi connectivity index (χ3v) is 4.92. The molecule has 0 spiro atoms. The van der Waals surface area contributed by atoms with Gasteiger partial charge in [0.05, 0.1) is 11.2 Å². The lowest BCUT2D eigenvalue weighted by molar-refractivity contribution is 0.00578. The molecule has 6 heteroatoms. The van der Waals surface area contributed by atoms with Gasteiger partial charge < -0.3 is 14.2 Å². The van der Waals surface area contributed by atoms with Crippen LogP contribution in [0.3, 0.4) is 0 Å². The van der Waals surface area contributed by atoms with Gasteiger partial charge in [0.2, 0.25) is 0 Å². The van der Waals surface area contributed by atoms with E-state index in [0.29, 0.717) is 5.69 Å². The maximum Gasteiger partial charge on any atom is 0.496 e. The Labute approximate surface area is 132 Å². The maximum atomic E-state index is 12.3. The third-order valence-electron chi connectivity index (χ3n) is 4.92. The average Bonchev–Trinajstić information content (AvgIpc) is 3.05. The Morgan fingerprint density at radius 1 is 1.14 bits per heavy atom. The topological polar surface area (TPSA) is 51.7 Å². The molecule has 0 N–H and O–H groups in total. The number of amides is 1. The molecule has 118 valence electrons. The SMILES string of the molecule is CC1(C)OB(c2ccc(C(=O)N3CCCC3)nc2)OC1(C)C. The van der Waals surface area contributed by atoms with Crippen molar-refractivity contribution < 1.29 is 14.1 Å². The number of rotatable bonds is 2. The summed E-state index contributed by atoms with van der Waals surface area (Å²) in [5, 5.41) is 0. The molecule has 3 heterocycles. The van der Waals surface area contributed by atoms with Crippen molar-refractivity contribution in [1.29, 1.82) is 0 Å². The van der Waals surface area contributed by atoms with E-state index in [1.807, 2.05) is 38.7 Å². The van der Waals surface area contributed by atoms with Gasteiger partial charge in [0.25, 0.3) is 5.91 Å². The molecule has 0 atom stereocenters. The number of likely N-dealkylation sites (tertiary alicyclic amines) is 1. The predicted octanol–water partition coefficient (Wildman–Crippen LogP) is 1.62. The van der Waals surface area contributed by atoms with E-state index in [4.69, 9.17) is 9.31 Å². The molecule has 3 rings (SSSR count). The smallest absolute Gasteiger partial charge is 0.399 e. The van der Waals surface area contributed by atoms with Gasteiger partial charge in [-0.2, -0.15) is 0 Å². The largest absolute Gasteiger partial charge is 0.496 e. The van der Waals surface area contributed by atoms with Crippen LogP contribution < -0.4 is 5.46 Å². The van der Waals surface area contributed by atoms with Crippen LogP contribution in [0.1, 0.15) is 51.0 Å². The van der Waals surface area contributed by atoms with E-state index >= 15 is 0 Å². The Morgan fingerprint density at radius 2 is 1.73 bits per heavy atom. The van der Waals surface area contributed by atoms with Crippen molar-refractivity contribution in [1.82, 2.24) is 9.88 Å². The monoisotopic (exact) mass is 302 g/mol. The van der Waals surface area contributed by atoms with E-state index in [2.05, 4.69) is 4.98 Å². The summed E-state index contributed by atoms with van der Waals surface area (Å²) in [4.78, 5) is 18.5. The lowest BCUT2D eigenvalue weighted by atomic mass is 9.80. The van der Waals surface area contributed by atoms with Crippen molar-refractivity contribution in [2.24, 2.45) is 0 Å². The van der Waals surface area contributed by atoms with Gasteiger partial charge in [0.15, 0.2) is 0 Å². The zero-order valence-corrected chi connectivity index (χ0v) is 13.8. The first kappa shape index (κ1) is 15.5. The highest BCUT2D eigenvalue weighted by atomic mass is 16.7. The zero-order chi connectivity index (χ0) is 16.0. The molecular formula is C16H23BN2O3. The van der Waals surface area contributed by atoms with Crippen molar-refractivity contribution in [3.05, 3.63) is 24.0 Å². The number of pyridine rings is 1. The molecule has 0 bridgehead atoms. The number of hydrogen-bond donors (Lipinski definition) is 0. The highest BCUT2D eigenvalue weighted by Crippen LogP contribution is 2.36. The molecule has 5 nitrogen and oxygen atoms in total. The molecule has 0 unspecified atom stereocenters. The van der Waals surface area contributed by atoms with Gasteiger partial charge in [-0.1, -0.05) is 6.07 Å². The Balaban J connectivity index is 1.74. The molecule has 1 aromatic rings. The van der Waals surface area contributed by atoms with E-state index in [0.717, 1.165) is 31.4 Å². The normalized spacial score (nSPS) is 23.1. The molecule has 2 fully saturated rings. The quantitative estimate of drug-likeness (QED) is 0.779. The molecular weight excluding hydrogens is 279 g/mol. The summed E-state index contributed by atoms with van der Waals surface area (Å²) in [5.74, 6) is 0.0120. The standard InChI is InChI=1S/C16H23BN2O3/c1-15(2)16(3,4)22-17(21-15)12-7-8-13(18-11-12)14(20)19-9-5-6-10-19/h7-8,11H,5-6,9-10H2,1-4H3. The van der Waals surface area contributed by atoms with Crippen molar-refractivity contribution >= 4 is 18.5 Å². The number of hydrogen-bond acceptors (Lipinski definition) is 4. The number of aromatic nitrogens is 1. The third kappa shape index (κ3) is 2.65. The van der Waals surface area contributed by atoms with Crippen molar-refractivity contribution in [3.63, 3.8) is 0 Å². The second-order valence-corrected chi connectivity index (χ2v) is 7.06. The van der Waals surface area contributed by atoms with Crippen LogP contribution >= 0.6 is 0 Å². The Morgan fingerprint density at radius 3 is 2.23 bits per heavy atom. The van der Waals surface area contributed by atoms with Gasteiger partial charge in [-0.15, -0.1) is 0 Å². The molecule has 0 aromatic carbocycles. The van der Waals surface area contributed by atoms with Gasteiger partial charge in [0.1, 0.15) is 5.69 Å². The van der Waals surface area contributed by atoms with Crippen molar-refractivity contribution in [3.8, 4) is 0 Å². The summed E-state index contributed by atoms with van der Waals surface area (Å²) in [6, 6.07) is 3.64. The first-order valence-electron chi connectivity index (χ1n) is 7.91. The van der Waals surface area contributed by atoms with Crippen LogP contribution in [0.2, 0.25) is 0 Å². The lowest BCUT2D eigenvalue weighted by Crippen LogP contribution is -2.41. The lowest BCUT2D eigenvalue weighted by Gasteiger charge is -2.32. The molecule has 0 radical (unpaired) electrons.